The van der Waals surface area contributed by atoms with E-state index in [1.165, 1.54) is 0 Å². The van der Waals surface area contributed by atoms with Gasteiger partial charge in [-0.05, 0) is 36.2 Å². The van der Waals surface area contributed by atoms with E-state index in [-0.39, 0.29) is 0 Å². The Balaban J connectivity index is 1.95. The number of rotatable bonds is 7. The molecule has 0 aromatic heterocycles. The van der Waals surface area contributed by atoms with Crippen LogP contribution in [0.4, 0.5) is 5.69 Å². The van der Waals surface area contributed by atoms with E-state index in [4.69, 9.17) is 27.9 Å². The highest BCUT2D eigenvalue weighted by Gasteiger charge is 2.02. The molecule has 0 saturated heterocycles. The van der Waals surface area contributed by atoms with E-state index in [2.05, 4.69) is 12.2 Å². The predicted molar refractivity (Wildman–Crippen MR) is 90.6 cm³/mol. The van der Waals surface area contributed by atoms with Crippen LogP contribution in [0.5, 0.6) is 5.75 Å². The van der Waals surface area contributed by atoms with Gasteiger partial charge in [-0.15, -0.1) is 0 Å². The summed E-state index contributed by atoms with van der Waals surface area (Å²) in [5.74, 6) is 0.885. The molecule has 0 aliphatic carbocycles. The van der Waals surface area contributed by atoms with E-state index in [0.29, 0.717) is 16.6 Å². The fraction of sp³-hybridized carbons (Fsp3) is 0.294. The van der Waals surface area contributed by atoms with Gasteiger partial charge < -0.3 is 10.1 Å². The van der Waals surface area contributed by atoms with E-state index < -0.39 is 0 Å². The van der Waals surface area contributed by atoms with Crippen molar-refractivity contribution in [2.24, 2.45) is 0 Å². The summed E-state index contributed by atoms with van der Waals surface area (Å²) in [5, 5.41) is 4.66. The summed E-state index contributed by atoms with van der Waals surface area (Å²) in [5.41, 5.74) is 2.02. The van der Waals surface area contributed by atoms with Gasteiger partial charge in [-0.3, -0.25) is 0 Å². The van der Waals surface area contributed by atoms with Crippen molar-refractivity contribution in [3.63, 3.8) is 0 Å². The molecule has 0 heterocycles. The zero-order chi connectivity index (χ0) is 15.1. The van der Waals surface area contributed by atoms with Crippen molar-refractivity contribution in [3.05, 3.63) is 58.1 Å². The summed E-state index contributed by atoms with van der Waals surface area (Å²) >= 11 is 12.1. The van der Waals surface area contributed by atoms with Crippen molar-refractivity contribution in [1.29, 1.82) is 0 Å². The molecule has 2 nitrogen and oxygen atoms in total. The van der Waals surface area contributed by atoms with Crippen molar-refractivity contribution in [3.8, 4) is 5.75 Å². The molecule has 0 aliphatic rings. The molecule has 0 saturated carbocycles. The zero-order valence-electron chi connectivity index (χ0n) is 12.0. The highest BCUT2D eigenvalue weighted by atomic mass is 35.5. The summed E-state index contributed by atoms with van der Waals surface area (Å²) in [6.45, 7) is 3.55. The molecule has 21 heavy (non-hydrogen) atoms. The van der Waals surface area contributed by atoms with E-state index in [1.807, 2.05) is 36.4 Å². The smallest absolute Gasteiger partial charge is 0.121 e. The molecule has 0 amide bonds. The van der Waals surface area contributed by atoms with Gasteiger partial charge in [0.25, 0.3) is 0 Å². The number of unbranched alkanes of at least 4 members (excludes halogenated alkanes) is 1. The molecule has 2 aromatic rings. The fourth-order valence-corrected chi connectivity index (χ4v) is 2.37. The number of ether oxygens (including phenoxy) is 1. The second-order valence-electron chi connectivity index (χ2n) is 4.82. The normalized spacial score (nSPS) is 10.4. The van der Waals surface area contributed by atoms with E-state index in [1.54, 1.807) is 6.07 Å². The highest BCUT2D eigenvalue weighted by Crippen LogP contribution is 2.23. The van der Waals surface area contributed by atoms with Crippen molar-refractivity contribution in [2.45, 2.75) is 26.3 Å². The average molecular weight is 324 g/mol. The third-order valence-electron chi connectivity index (χ3n) is 3.10. The first-order chi connectivity index (χ1) is 10.2. The summed E-state index contributed by atoms with van der Waals surface area (Å²) < 4.78 is 5.70. The Morgan fingerprint density at radius 1 is 1.10 bits per heavy atom. The molecular weight excluding hydrogens is 305 g/mol. The van der Waals surface area contributed by atoms with Gasteiger partial charge in [-0.2, -0.15) is 0 Å². The van der Waals surface area contributed by atoms with Gasteiger partial charge in [0.15, 0.2) is 0 Å². The first kappa shape index (κ1) is 16.0. The summed E-state index contributed by atoms with van der Waals surface area (Å²) in [4.78, 5) is 0. The lowest BCUT2D eigenvalue weighted by atomic mass is 10.2. The Morgan fingerprint density at radius 2 is 1.95 bits per heavy atom. The second kappa shape index (κ2) is 8.16. The first-order valence-corrected chi connectivity index (χ1v) is 7.85. The van der Waals surface area contributed by atoms with Crippen molar-refractivity contribution in [2.75, 3.05) is 11.9 Å². The lowest BCUT2D eigenvalue weighted by molar-refractivity contribution is 0.309. The number of hydrogen-bond donors (Lipinski definition) is 1. The lowest BCUT2D eigenvalue weighted by Crippen LogP contribution is -2.01. The molecule has 1 N–H and O–H groups in total. The molecule has 0 atom stereocenters. The van der Waals surface area contributed by atoms with Crippen LogP contribution < -0.4 is 10.1 Å². The molecule has 2 rings (SSSR count). The van der Waals surface area contributed by atoms with Gasteiger partial charge in [0.05, 0.1) is 6.61 Å². The first-order valence-electron chi connectivity index (χ1n) is 7.09. The Bertz CT molecular complexity index is 587. The van der Waals surface area contributed by atoms with Crippen LogP contribution in [-0.4, -0.2) is 6.61 Å². The Kier molecular flexibility index (Phi) is 6.21. The maximum Gasteiger partial charge on any atom is 0.121 e. The van der Waals surface area contributed by atoms with Crippen LogP contribution in [0.15, 0.2) is 42.5 Å². The molecule has 0 fully saturated rings. The summed E-state index contributed by atoms with van der Waals surface area (Å²) in [7, 11) is 0. The topological polar surface area (TPSA) is 21.3 Å². The van der Waals surface area contributed by atoms with Crippen LogP contribution in [0.25, 0.3) is 0 Å². The van der Waals surface area contributed by atoms with Crippen LogP contribution in [0.3, 0.4) is 0 Å². The van der Waals surface area contributed by atoms with Crippen LogP contribution in [0, 0.1) is 0 Å². The molecular formula is C17H19Cl2NO. The van der Waals surface area contributed by atoms with Gasteiger partial charge >= 0.3 is 0 Å². The molecule has 0 bridgehead atoms. The van der Waals surface area contributed by atoms with Crippen molar-refractivity contribution in [1.82, 2.24) is 0 Å². The zero-order valence-corrected chi connectivity index (χ0v) is 13.5. The van der Waals surface area contributed by atoms with Crippen molar-refractivity contribution < 1.29 is 4.74 Å². The molecule has 112 valence electrons. The lowest BCUT2D eigenvalue weighted by Gasteiger charge is -2.11. The minimum Gasteiger partial charge on any atom is -0.494 e. The van der Waals surface area contributed by atoms with Crippen LogP contribution in [0.1, 0.15) is 25.3 Å². The third-order valence-corrected chi connectivity index (χ3v) is 3.69. The van der Waals surface area contributed by atoms with Gasteiger partial charge in [-0.25, -0.2) is 0 Å². The number of halogens is 2. The van der Waals surface area contributed by atoms with Crippen LogP contribution in [-0.2, 0) is 6.54 Å². The maximum atomic E-state index is 6.16. The fourth-order valence-electron chi connectivity index (χ4n) is 1.89. The minimum atomic E-state index is 0.647. The number of benzene rings is 2. The van der Waals surface area contributed by atoms with Gasteiger partial charge in [-0.1, -0.05) is 48.7 Å². The minimum absolute atomic E-state index is 0.647. The SMILES string of the molecule is CCCCOc1cccc(NCc2ccc(Cl)cc2Cl)c1. The second-order valence-corrected chi connectivity index (χ2v) is 5.66. The molecule has 2 aromatic carbocycles. The quantitative estimate of drug-likeness (QED) is 0.651. The Hall–Kier alpha value is -1.38. The molecule has 0 aliphatic heterocycles. The average Bonchev–Trinajstić information content (AvgIpc) is 2.47. The van der Waals surface area contributed by atoms with Crippen LogP contribution in [0.2, 0.25) is 10.0 Å². The predicted octanol–water partition coefficient (Wildman–Crippen LogP) is 5.78. The number of anilines is 1. The number of hydrogen-bond acceptors (Lipinski definition) is 2. The van der Waals surface area contributed by atoms with Crippen molar-refractivity contribution >= 4 is 28.9 Å². The molecule has 4 heteroatoms. The monoisotopic (exact) mass is 323 g/mol. The van der Waals surface area contributed by atoms with Gasteiger partial charge in [0, 0.05) is 28.3 Å². The Labute approximate surface area is 136 Å². The van der Waals surface area contributed by atoms with E-state index in [9.17, 15) is 0 Å². The highest BCUT2D eigenvalue weighted by molar-refractivity contribution is 6.35. The van der Waals surface area contributed by atoms with E-state index in [0.717, 1.165) is 36.4 Å². The summed E-state index contributed by atoms with van der Waals surface area (Å²) in [6, 6.07) is 13.5. The Morgan fingerprint density at radius 3 is 2.71 bits per heavy atom. The summed E-state index contributed by atoms with van der Waals surface area (Å²) in [6.07, 6.45) is 2.20. The van der Waals surface area contributed by atoms with Crippen LogP contribution >= 0.6 is 23.2 Å². The standard InChI is InChI=1S/C17H19Cl2NO/c1-2-3-9-21-16-6-4-5-15(11-16)20-12-13-7-8-14(18)10-17(13)19/h4-8,10-11,20H,2-3,9,12H2,1H3. The largest absolute Gasteiger partial charge is 0.494 e. The molecule has 0 radical (unpaired) electrons. The maximum absolute atomic E-state index is 6.16. The molecule has 0 spiro atoms. The van der Waals surface area contributed by atoms with Gasteiger partial charge in [0.1, 0.15) is 5.75 Å². The third kappa shape index (κ3) is 5.14. The van der Waals surface area contributed by atoms with E-state index >= 15 is 0 Å². The van der Waals surface area contributed by atoms with Gasteiger partial charge in [0.2, 0.25) is 0 Å². The molecule has 0 unspecified atom stereocenters. The number of nitrogens with one attached hydrogen (secondary N) is 1.